The van der Waals surface area contributed by atoms with Gasteiger partial charge in [0.1, 0.15) is 23.0 Å². The van der Waals surface area contributed by atoms with E-state index in [1.165, 1.54) is 11.3 Å². The number of carbonyl (C=O) groups excluding carboxylic acids is 1. The van der Waals surface area contributed by atoms with Gasteiger partial charge in [-0.15, -0.1) is 11.3 Å². The highest BCUT2D eigenvalue weighted by Gasteiger charge is 2.17. The zero-order chi connectivity index (χ0) is 20.1. The lowest BCUT2D eigenvalue weighted by atomic mass is 9.98. The number of rotatable bonds is 8. The fraction of sp³-hybridized carbons (Fsp3) is 0.381. The van der Waals surface area contributed by atoms with Crippen LogP contribution in [-0.2, 0) is 22.6 Å². The lowest BCUT2D eigenvalue weighted by Gasteiger charge is -2.08. The molecular formula is C21H24N2O4S. The first-order valence-electron chi connectivity index (χ1n) is 9.32. The minimum Gasteiger partial charge on any atom is -0.482 e. The molecule has 1 N–H and O–H groups in total. The van der Waals surface area contributed by atoms with Crippen LogP contribution < -0.4 is 10.3 Å². The SMILES string of the molecule is CC[C@H](C)Cc1c(C)sc2nc(COC(=O)COc3ccccc3)[nH]c(=O)c12. The standard InChI is InChI=1S/C21H24N2O4S/c1-4-13(2)10-16-14(3)28-21-19(16)20(25)22-17(23-21)11-27-18(24)12-26-15-8-6-5-7-9-15/h5-9,13H,4,10-12H2,1-3H3,(H,22,23,25)/t13-/m0/s1. The molecule has 0 spiro atoms. The summed E-state index contributed by atoms with van der Waals surface area (Å²) < 4.78 is 10.5. The first-order valence-corrected chi connectivity index (χ1v) is 10.1. The number of para-hydroxylation sites is 1. The van der Waals surface area contributed by atoms with Gasteiger partial charge in [0, 0.05) is 4.88 Å². The quantitative estimate of drug-likeness (QED) is 0.578. The lowest BCUT2D eigenvalue weighted by molar-refractivity contribution is -0.147. The summed E-state index contributed by atoms with van der Waals surface area (Å²) in [5.74, 6) is 0.907. The average Bonchev–Trinajstić information content (AvgIpc) is 3.01. The van der Waals surface area contributed by atoms with Gasteiger partial charge in [0.25, 0.3) is 5.56 Å². The van der Waals surface area contributed by atoms with Crippen LogP contribution in [0.4, 0.5) is 0 Å². The maximum Gasteiger partial charge on any atom is 0.344 e. The van der Waals surface area contributed by atoms with Gasteiger partial charge in [-0.2, -0.15) is 0 Å². The van der Waals surface area contributed by atoms with E-state index in [-0.39, 0.29) is 18.8 Å². The summed E-state index contributed by atoms with van der Waals surface area (Å²) in [5.41, 5.74) is 0.891. The highest BCUT2D eigenvalue weighted by Crippen LogP contribution is 2.29. The minimum atomic E-state index is -0.522. The topological polar surface area (TPSA) is 81.3 Å². The third-order valence-corrected chi connectivity index (χ3v) is 5.67. The molecule has 0 fully saturated rings. The fourth-order valence-electron chi connectivity index (χ4n) is 2.88. The summed E-state index contributed by atoms with van der Waals surface area (Å²) in [7, 11) is 0. The van der Waals surface area contributed by atoms with Crippen LogP contribution in [0.1, 0.15) is 36.5 Å². The predicted molar refractivity (Wildman–Crippen MR) is 110 cm³/mol. The summed E-state index contributed by atoms with van der Waals surface area (Å²) in [6, 6.07) is 9.03. The molecule has 0 saturated carbocycles. The molecule has 0 radical (unpaired) electrons. The summed E-state index contributed by atoms with van der Waals surface area (Å²) in [6.45, 7) is 6.04. The second-order valence-electron chi connectivity index (χ2n) is 6.81. The third-order valence-electron chi connectivity index (χ3n) is 4.63. The molecule has 7 heteroatoms. The summed E-state index contributed by atoms with van der Waals surface area (Å²) >= 11 is 1.51. The van der Waals surface area contributed by atoms with Gasteiger partial charge < -0.3 is 14.5 Å². The molecule has 2 aromatic heterocycles. The van der Waals surface area contributed by atoms with Crippen molar-refractivity contribution in [3.63, 3.8) is 0 Å². The first-order chi connectivity index (χ1) is 13.5. The number of hydrogen-bond donors (Lipinski definition) is 1. The number of aromatic amines is 1. The Morgan fingerprint density at radius 2 is 2.04 bits per heavy atom. The van der Waals surface area contributed by atoms with Crippen LogP contribution in [0.25, 0.3) is 10.2 Å². The number of thiophene rings is 1. The Kier molecular flexibility index (Phi) is 6.46. The molecule has 2 heterocycles. The molecule has 1 atom stereocenters. The van der Waals surface area contributed by atoms with E-state index in [0.29, 0.717) is 27.7 Å². The van der Waals surface area contributed by atoms with E-state index < -0.39 is 5.97 Å². The minimum absolute atomic E-state index is 0.0974. The fourth-order valence-corrected chi connectivity index (χ4v) is 3.95. The molecule has 148 valence electrons. The van der Waals surface area contributed by atoms with Gasteiger partial charge in [0.05, 0.1) is 5.39 Å². The van der Waals surface area contributed by atoms with E-state index >= 15 is 0 Å². The van der Waals surface area contributed by atoms with E-state index in [2.05, 4.69) is 23.8 Å². The van der Waals surface area contributed by atoms with Crippen LogP contribution in [0.15, 0.2) is 35.1 Å². The van der Waals surface area contributed by atoms with Crippen molar-refractivity contribution in [3.05, 3.63) is 57.0 Å². The van der Waals surface area contributed by atoms with E-state index in [1.54, 1.807) is 12.1 Å². The van der Waals surface area contributed by atoms with Crippen molar-refractivity contribution in [3.8, 4) is 5.75 Å². The number of aryl methyl sites for hydroxylation is 1. The van der Waals surface area contributed by atoms with Crippen LogP contribution >= 0.6 is 11.3 Å². The highest BCUT2D eigenvalue weighted by atomic mass is 32.1. The molecule has 0 aliphatic rings. The van der Waals surface area contributed by atoms with Gasteiger partial charge in [-0.3, -0.25) is 4.79 Å². The van der Waals surface area contributed by atoms with E-state index in [9.17, 15) is 9.59 Å². The Hall–Kier alpha value is -2.67. The van der Waals surface area contributed by atoms with Crippen molar-refractivity contribution in [2.75, 3.05) is 6.61 Å². The molecule has 0 aliphatic carbocycles. The van der Waals surface area contributed by atoms with E-state index in [0.717, 1.165) is 23.3 Å². The number of fused-ring (bicyclic) bond motifs is 1. The number of benzene rings is 1. The van der Waals surface area contributed by atoms with Crippen LogP contribution in [-0.4, -0.2) is 22.5 Å². The largest absolute Gasteiger partial charge is 0.482 e. The zero-order valence-electron chi connectivity index (χ0n) is 16.3. The van der Waals surface area contributed by atoms with Crippen LogP contribution in [0.5, 0.6) is 5.75 Å². The Morgan fingerprint density at radius 1 is 1.29 bits per heavy atom. The van der Waals surface area contributed by atoms with Crippen molar-refractivity contribution in [1.29, 1.82) is 0 Å². The molecule has 6 nitrogen and oxygen atoms in total. The molecule has 0 bridgehead atoms. The summed E-state index contributed by atoms with van der Waals surface area (Å²) in [5, 5.41) is 0.658. The molecular weight excluding hydrogens is 376 g/mol. The Labute approximate surface area is 167 Å². The number of ether oxygens (including phenoxy) is 2. The van der Waals surface area contributed by atoms with Gasteiger partial charge in [0.2, 0.25) is 0 Å². The van der Waals surface area contributed by atoms with E-state index in [4.69, 9.17) is 9.47 Å². The molecule has 0 aliphatic heterocycles. The number of aromatic nitrogens is 2. The molecule has 0 saturated heterocycles. The van der Waals surface area contributed by atoms with Gasteiger partial charge in [-0.25, -0.2) is 9.78 Å². The second kappa shape index (κ2) is 9.01. The monoisotopic (exact) mass is 400 g/mol. The molecule has 0 amide bonds. The van der Waals surface area contributed by atoms with Crippen LogP contribution in [0, 0.1) is 12.8 Å². The third kappa shape index (κ3) is 4.78. The Balaban J connectivity index is 1.67. The number of H-pyrrole nitrogens is 1. The van der Waals surface area contributed by atoms with Crippen molar-refractivity contribution in [1.82, 2.24) is 9.97 Å². The number of nitrogens with one attached hydrogen (secondary N) is 1. The Bertz CT molecular complexity index is 1010. The van der Waals surface area contributed by atoms with Gasteiger partial charge in [0.15, 0.2) is 6.61 Å². The smallest absolute Gasteiger partial charge is 0.344 e. The second-order valence-corrected chi connectivity index (χ2v) is 8.01. The number of esters is 1. The molecule has 1 aromatic carbocycles. The van der Waals surface area contributed by atoms with Crippen LogP contribution in [0.3, 0.4) is 0 Å². The lowest BCUT2D eigenvalue weighted by Crippen LogP contribution is -2.18. The van der Waals surface area contributed by atoms with Crippen molar-refractivity contribution < 1.29 is 14.3 Å². The average molecular weight is 401 g/mol. The normalized spacial score (nSPS) is 12.1. The maximum absolute atomic E-state index is 12.6. The number of hydrogen-bond acceptors (Lipinski definition) is 6. The molecule has 3 aromatic rings. The first kappa shape index (κ1) is 20.1. The molecule has 0 unspecified atom stereocenters. The molecule has 28 heavy (non-hydrogen) atoms. The van der Waals surface area contributed by atoms with E-state index in [1.807, 2.05) is 25.1 Å². The maximum atomic E-state index is 12.6. The van der Waals surface area contributed by atoms with Gasteiger partial charge in [-0.05, 0) is 37.0 Å². The predicted octanol–water partition coefficient (Wildman–Crippen LogP) is 4.00. The van der Waals surface area contributed by atoms with Crippen molar-refractivity contribution >= 4 is 27.5 Å². The van der Waals surface area contributed by atoms with Crippen LogP contribution in [0.2, 0.25) is 0 Å². The molecule has 3 rings (SSSR count). The highest BCUT2D eigenvalue weighted by molar-refractivity contribution is 7.18. The van der Waals surface area contributed by atoms with Crippen molar-refractivity contribution in [2.45, 2.75) is 40.2 Å². The zero-order valence-corrected chi connectivity index (χ0v) is 17.1. The van der Waals surface area contributed by atoms with Gasteiger partial charge in [-0.1, -0.05) is 38.5 Å². The number of nitrogens with zero attached hydrogens (tertiary/aromatic N) is 1. The summed E-state index contributed by atoms with van der Waals surface area (Å²) in [4.78, 5) is 33.5. The van der Waals surface area contributed by atoms with Gasteiger partial charge >= 0.3 is 5.97 Å². The van der Waals surface area contributed by atoms with Crippen molar-refractivity contribution in [2.24, 2.45) is 5.92 Å². The number of carbonyl (C=O) groups is 1. The Morgan fingerprint density at radius 3 is 2.75 bits per heavy atom. The summed E-state index contributed by atoms with van der Waals surface area (Å²) in [6.07, 6.45) is 1.92.